The quantitative estimate of drug-likeness (QED) is 0.765. The van der Waals surface area contributed by atoms with E-state index in [1.54, 1.807) is 24.3 Å². The summed E-state index contributed by atoms with van der Waals surface area (Å²) < 4.78 is 27.5. The number of rotatable bonds is 6. The highest BCUT2D eigenvalue weighted by molar-refractivity contribution is 7.90. The Labute approximate surface area is 113 Å². The molecule has 0 radical (unpaired) electrons. The van der Waals surface area contributed by atoms with Crippen molar-refractivity contribution < 1.29 is 8.42 Å². The molecule has 3 N–H and O–H groups in total. The third-order valence-corrected chi connectivity index (χ3v) is 4.13. The number of benzene rings is 1. The van der Waals surface area contributed by atoms with Crippen molar-refractivity contribution in [1.82, 2.24) is 4.72 Å². The van der Waals surface area contributed by atoms with Gasteiger partial charge in [0.1, 0.15) is 4.99 Å². The van der Waals surface area contributed by atoms with Crippen LogP contribution in [0.5, 0.6) is 0 Å². The Morgan fingerprint density at radius 2 is 2.17 bits per heavy atom. The van der Waals surface area contributed by atoms with E-state index in [1.807, 2.05) is 6.92 Å². The largest absolute Gasteiger partial charge is 0.389 e. The van der Waals surface area contributed by atoms with E-state index in [4.69, 9.17) is 18.0 Å². The van der Waals surface area contributed by atoms with Crippen molar-refractivity contribution in [1.29, 1.82) is 0 Å². The Balaban J connectivity index is 3.00. The van der Waals surface area contributed by atoms with Crippen molar-refractivity contribution in [2.45, 2.75) is 13.3 Å². The molecule has 0 fully saturated rings. The van der Waals surface area contributed by atoms with Crippen LogP contribution in [0, 0.1) is 0 Å². The minimum Gasteiger partial charge on any atom is -0.389 e. The smallest absolute Gasteiger partial charge is 0.301 e. The van der Waals surface area contributed by atoms with Gasteiger partial charge >= 0.3 is 10.2 Å². The second-order valence-electron chi connectivity index (χ2n) is 3.78. The van der Waals surface area contributed by atoms with Gasteiger partial charge in [-0.3, -0.25) is 4.31 Å². The van der Waals surface area contributed by atoms with Crippen molar-refractivity contribution in [3.63, 3.8) is 0 Å². The highest BCUT2D eigenvalue weighted by atomic mass is 32.2. The van der Waals surface area contributed by atoms with Crippen LogP contribution in [0.4, 0.5) is 5.69 Å². The summed E-state index contributed by atoms with van der Waals surface area (Å²) in [7, 11) is -2.04. The SMILES string of the molecule is CCCNS(=O)(=O)N(C)c1cccc(C(N)=S)c1. The molecular weight excluding hydrogens is 270 g/mol. The molecule has 7 heteroatoms. The standard InChI is InChI=1S/C11H17N3O2S2/c1-3-7-13-18(15,16)14(2)10-6-4-5-9(8-10)11(12)17/h4-6,8,13H,3,7H2,1-2H3,(H2,12,17). The molecule has 0 atom stereocenters. The van der Waals surface area contributed by atoms with Gasteiger partial charge in [-0.2, -0.15) is 13.1 Å². The number of hydrogen-bond donors (Lipinski definition) is 2. The maximum atomic E-state index is 11.9. The Kier molecular flexibility index (Phi) is 5.06. The lowest BCUT2D eigenvalue weighted by molar-refractivity contribution is 0.579. The van der Waals surface area contributed by atoms with Gasteiger partial charge in [-0.1, -0.05) is 31.3 Å². The summed E-state index contributed by atoms with van der Waals surface area (Å²) in [4.78, 5) is 0.240. The van der Waals surface area contributed by atoms with E-state index < -0.39 is 10.2 Å². The summed E-state index contributed by atoms with van der Waals surface area (Å²) in [6, 6.07) is 6.79. The Morgan fingerprint density at radius 3 is 2.72 bits per heavy atom. The zero-order chi connectivity index (χ0) is 13.8. The number of hydrogen-bond acceptors (Lipinski definition) is 3. The second kappa shape index (κ2) is 6.12. The number of anilines is 1. The topological polar surface area (TPSA) is 75.4 Å². The lowest BCUT2D eigenvalue weighted by atomic mass is 10.2. The Morgan fingerprint density at radius 1 is 1.50 bits per heavy atom. The second-order valence-corrected chi connectivity index (χ2v) is 6.01. The minimum atomic E-state index is -3.52. The van der Waals surface area contributed by atoms with Gasteiger partial charge < -0.3 is 5.73 Å². The minimum absolute atomic E-state index is 0.240. The Bertz CT molecular complexity index is 529. The first-order valence-corrected chi connectivity index (χ1v) is 7.36. The lowest BCUT2D eigenvalue weighted by Gasteiger charge is -2.20. The van der Waals surface area contributed by atoms with Crippen LogP contribution in [0.1, 0.15) is 18.9 Å². The number of nitrogens with two attached hydrogens (primary N) is 1. The van der Waals surface area contributed by atoms with Crippen LogP contribution in [0.25, 0.3) is 0 Å². The van der Waals surface area contributed by atoms with Gasteiger partial charge in [-0.05, 0) is 18.6 Å². The molecule has 0 saturated carbocycles. The maximum Gasteiger partial charge on any atom is 0.301 e. The highest BCUT2D eigenvalue weighted by Gasteiger charge is 2.17. The van der Waals surface area contributed by atoms with E-state index in [0.717, 1.165) is 6.42 Å². The molecule has 1 aromatic carbocycles. The van der Waals surface area contributed by atoms with Crippen LogP contribution < -0.4 is 14.8 Å². The van der Waals surface area contributed by atoms with Crippen LogP contribution in [-0.4, -0.2) is 27.0 Å². The van der Waals surface area contributed by atoms with Gasteiger partial charge in [0.15, 0.2) is 0 Å². The number of thiocarbonyl (C=S) groups is 1. The fourth-order valence-electron chi connectivity index (χ4n) is 1.32. The summed E-state index contributed by atoms with van der Waals surface area (Å²) in [5, 5.41) is 0. The van der Waals surface area contributed by atoms with Crippen molar-refractivity contribution >= 4 is 33.1 Å². The van der Waals surface area contributed by atoms with E-state index in [-0.39, 0.29) is 4.99 Å². The molecule has 0 spiro atoms. The molecule has 0 bridgehead atoms. The van der Waals surface area contributed by atoms with Gasteiger partial charge in [0.2, 0.25) is 0 Å². The molecule has 1 rings (SSSR count). The molecule has 1 aromatic rings. The summed E-state index contributed by atoms with van der Waals surface area (Å²) in [6.45, 7) is 2.30. The third kappa shape index (κ3) is 3.66. The molecule has 18 heavy (non-hydrogen) atoms. The molecule has 0 saturated heterocycles. The van der Waals surface area contributed by atoms with Gasteiger partial charge in [-0.25, -0.2) is 0 Å². The van der Waals surface area contributed by atoms with Gasteiger partial charge in [-0.15, -0.1) is 0 Å². The molecule has 0 amide bonds. The van der Waals surface area contributed by atoms with E-state index >= 15 is 0 Å². The maximum absolute atomic E-state index is 11.9. The predicted molar refractivity (Wildman–Crippen MR) is 77.9 cm³/mol. The summed E-state index contributed by atoms with van der Waals surface area (Å²) in [6.07, 6.45) is 0.736. The van der Waals surface area contributed by atoms with Crippen molar-refractivity contribution in [3.05, 3.63) is 29.8 Å². The monoisotopic (exact) mass is 287 g/mol. The normalized spacial score (nSPS) is 11.2. The van der Waals surface area contributed by atoms with E-state index in [1.165, 1.54) is 11.4 Å². The van der Waals surface area contributed by atoms with Crippen LogP contribution >= 0.6 is 12.2 Å². The molecule has 0 unspecified atom stereocenters. The van der Waals surface area contributed by atoms with Gasteiger partial charge in [0.25, 0.3) is 0 Å². The summed E-state index contributed by atoms with van der Waals surface area (Å²) in [5.74, 6) is 0. The zero-order valence-corrected chi connectivity index (χ0v) is 12.0. The molecular formula is C11H17N3O2S2. The van der Waals surface area contributed by atoms with E-state index in [0.29, 0.717) is 17.8 Å². The number of nitrogens with one attached hydrogen (secondary N) is 1. The molecule has 0 aromatic heterocycles. The molecule has 0 aliphatic heterocycles. The molecule has 0 heterocycles. The van der Waals surface area contributed by atoms with Crippen molar-refractivity contribution in [2.24, 2.45) is 5.73 Å². The fourth-order valence-corrected chi connectivity index (χ4v) is 2.50. The van der Waals surface area contributed by atoms with E-state index in [9.17, 15) is 8.42 Å². The molecule has 0 aliphatic carbocycles. The average Bonchev–Trinajstić information content (AvgIpc) is 2.35. The van der Waals surface area contributed by atoms with Crippen LogP contribution in [-0.2, 0) is 10.2 Å². The van der Waals surface area contributed by atoms with Crippen molar-refractivity contribution in [3.8, 4) is 0 Å². The average molecular weight is 287 g/mol. The van der Waals surface area contributed by atoms with Gasteiger partial charge in [0.05, 0.1) is 5.69 Å². The molecule has 5 nitrogen and oxygen atoms in total. The Hall–Kier alpha value is -1.18. The zero-order valence-electron chi connectivity index (χ0n) is 10.4. The summed E-state index contributed by atoms with van der Waals surface area (Å²) >= 11 is 4.87. The first-order chi connectivity index (χ1) is 8.38. The fraction of sp³-hybridized carbons (Fsp3) is 0.364. The lowest BCUT2D eigenvalue weighted by Crippen LogP contribution is -2.38. The highest BCUT2D eigenvalue weighted by Crippen LogP contribution is 2.17. The third-order valence-electron chi connectivity index (χ3n) is 2.39. The first-order valence-electron chi connectivity index (χ1n) is 5.52. The molecule has 100 valence electrons. The summed E-state index contributed by atoms with van der Waals surface area (Å²) in [5.41, 5.74) is 6.68. The predicted octanol–water partition coefficient (Wildman–Crippen LogP) is 1.00. The van der Waals surface area contributed by atoms with E-state index in [2.05, 4.69) is 4.72 Å². The molecule has 0 aliphatic rings. The van der Waals surface area contributed by atoms with Gasteiger partial charge in [0, 0.05) is 19.2 Å². The van der Waals surface area contributed by atoms with Crippen molar-refractivity contribution in [2.75, 3.05) is 17.9 Å². The van der Waals surface area contributed by atoms with Crippen LogP contribution in [0.3, 0.4) is 0 Å². The first kappa shape index (κ1) is 14.9. The number of nitrogens with zero attached hydrogens (tertiary/aromatic N) is 1. The van der Waals surface area contributed by atoms with Crippen LogP contribution in [0.15, 0.2) is 24.3 Å². The van der Waals surface area contributed by atoms with Crippen LogP contribution in [0.2, 0.25) is 0 Å².